The summed E-state index contributed by atoms with van der Waals surface area (Å²) in [5.74, 6) is 0. The molecule has 0 radical (unpaired) electrons. The molecule has 2 rings (SSSR count). The molecule has 96 valence electrons. The third-order valence-corrected chi connectivity index (χ3v) is 2.22. The van der Waals surface area contributed by atoms with Gasteiger partial charge < -0.3 is 9.13 Å². The maximum Gasteiger partial charge on any atom is 0.0948 e. The molecule has 4 heteroatoms. The summed E-state index contributed by atoms with van der Waals surface area (Å²) in [6.45, 7) is 5.88. The zero-order valence-electron chi connectivity index (χ0n) is 11.0. The van der Waals surface area contributed by atoms with Crippen LogP contribution < -0.4 is 0 Å². The van der Waals surface area contributed by atoms with E-state index in [1.54, 1.807) is 25.0 Å². The number of rotatable bonds is 4. The van der Waals surface area contributed by atoms with Crippen molar-refractivity contribution in [1.29, 1.82) is 0 Å². The summed E-state index contributed by atoms with van der Waals surface area (Å²) in [5.41, 5.74) is 0. The topological polar surface area (TPSA) is 35.6 Å². The van der Waals surface area contributed by atoms with Crippen LogP contribution in [0.1, 0.15) is 13.8 Å². The second-order valence-electron chi connectivity index (χ2n) is 3.66. The van der Waals surface area contributed by atoms with Gasteiger partial charge >= 0.3 is 0 Å². The summed E-state index contributed by atoms with van der Waals surface area (Å²) in [6.07, 6.45) is 19.3. The number of hydrogen-bond donors (Lipinski definition) is 0. The zero-order chi connectivity index (χ0) is 13.1. The van der Waals surface area contributed by atoms with E-state index in [-0.39, 0.29) is 0 Å². The first-order valence-electron chi connectivity index (χ1n) is 6.00. The first kappa shape index (κ1) is 14.0. The monoisotopic (exact) mass is 244 g/mol. The molecule has 0 unspecified atom stereocenters. The van der Waals surface area contributed by atoms with E-state index < -0.39 is 0 Å². The molecule has 0 spiro atoms. The van der Waals surface area contributed by atoms with Crippen molar-refractivity contribution in [3.63, 3.8) is 0 Å². The second-order valence-corrected chi connectivity index (χ2v) is 3.66. The molecule has 2 aromatic rings. The molecule has 0 bridgehead atoms. The standard InChI is InChI=1S/2C7H10N2/c2*1-2-3-5-9-6-4-8-7-9/h2*2-4,6-7H,5H2,1H3. The highest BCUT2D eigenvalue weighted by Gasteiger charge is 1.81. The molecule has 0 aliphatic rings. The average Bonchev–Trinajstić information content (AvgIpc) is 3.07. The molecule has 0 N–H and O–H groups in total. The van der Waals surface area contributed by atoms with Crippen molar-refractivity contribution in [3.8, 4) is 0 Å². The van der Waals surface area contributed by atoms with E-state index in [1.807, 2.05) is 47.5 Å². The van der Waals surface area contributed by atoms with Gasteiger partial charge in [-0.05, 0) is 13.8 Å². The van der Waals surface area contributed by atoms with Crippen molar-refractivity contribution in [1.82, 2.24) is 19.1 Å². The van der Waals surface area contributed by atoms with Gasteiger partial charge in [-0.15, -0.1) is 0 Å². The Bertz CT molecular complexity index is 394. The van der Waals surface area contributed by atoms with Crippen LogP contribution in [0, 0.1) is 0 Å². The van der Waals surface area contributed by atoms with Gasteiger partial charge in [0.1, 0.15) is 0 Å². The maximum atomic E-state index is 3.90. The fourth-order valence-corrected chi connectivity index (χ4v) is 1.24. The lowest BCUT2D eigenvalue weighted by Gasteiger charge is -1.91. The minimum absolute atomic E-state index is 0.927. The summed E-state index contributed by atoms with van der Waals surface area (Å²) in [5, 5.41) is 0. The Labute approximate surface area is 108 Å². The van der Waals surface area contributed by atoms with Gasteiger partial charge in [0, 0.05) is 37.9 Å². The van der Waals surface area contributed by atoms with Crippen LogP contribution in [-0.4, -0.2) is 19.1 Å². The van der Waals surface area contributed by atoms with Crippen LogP contribution in [-0.2, 0) is 13.1 Å². The Morgan fingerprint density at radius 2 is 1.28 bits per heavy atom. The number of allylic oxidation sites excluding steroid dienone is 4. The molecule has 0 aromatic carbocycles. The molecule has 2 aromatic heterocycles. The fourth-order valence-electron chi connectivity index (χ4n) is 1.24. The van der Waals surface area contributed by atoms with Crippen LogP contribution in [0.4, 0.5) is 0 Å². The maximum absolute atomic E-state index is 3.90. The molecule has 2 heterocycles. The second kappa shape index (κ2) is 8.98. The average molecular weight is 244 g/mol. The first-order chi connectivity index (χ1) is 8.86. The van der Waals surface area contributed by atoms with Gasteiger partial charge in [-0.3, -0.25) is 0 Å². The lowest BCUT2D eigenvalue weighted by molar-refractivity contribution is 0.819. The Morgan fingerprint density at radius 3 is 1.56 bits per heavy atom. The fraction of sp³-hybridized carbons (Fsp3) is 0.286. The van der Waals surface area contributed by atoms with Crippen molar-refractivity contribution in [2.75, 3.05) is 0 Å². The summed E-state index contributed by atoms with van der Waals surface area (Å²) in [4.78, 5) is 7.81. The van der Waals surface area contributed by atoms with E-state index in [9.17, 15) is 0 Å². The SMILES string of the molecule is CC=CCn1ccnc1.CC=CCn1ccnc1. The molecule has 0 fully saturated rings. The zero-order valence-corrected chi connectivity index (χ0v) is 11.0. The van der Waals surface area contributed by atoms with Crippen molar-refractivity contribution in [2.45, 2.75) is 26.9 Å². The van der Waals surface area contributed by atoms with Gasteiger partial charge in [-0.2, -0.15) is 0 Å². The number of hydrogen-bond acceptors (Lipinski definition) is 2. The molecule has 4 nitrogen and oxygen atoms in total. The predicted molar refractivity (Wildman–Crippen MR) is 74.1 cm³/mol. The number of aromatic nitrogens is 4. The van der Waals surface area contributed by atoms with Gasteiger partial charge in [-0.25, -0.2) is 9.97 Å². The van der Waals surface area contributed by atoms with Gasteiger partial charge in [0.15, 0.2) is 0 Å². The Morgan fingerprint density at radius 1 is 0.833 bits per heavy atom. The minimum atomic E-state index is 0.927. The van der Waals surface area contributed by atoms with Crippen LogP contribution in [0.2, 0.25) is 0 Å². The molecule has 18 heavy (non-hydrogen) atoms. The highest BCUT2D eigenvalue weighted by atomic mass is 15.0. The van der Waals surface area contributed by atoms with E-state index in [0.717, 1.165) is 13.1 Å². The normalized spacial score (nSPS) is 10.8. The third-order valence-electron chi connectivity index (χ3n) is 2.22. The molecule has 0 saturated carbocycles. The van der Waals surface area contributed by atoms with Crippen molar-refractivity contribution < 1.29 is 0 Å². The van der Waals surface area contributed by atoms with Gasteiger partial charge in [0.2, 0.25) is 0 Å². The van der Waals surface area contributed by atoms with Crippen molar-refractivity contribution in [2.24, 2.45) is 0 Å². The van der Waals surface area contributed by atoms with E-state index in [4.69, 9.17) is 0 Å². The largest absolute Gasteiger partial charge is 0.334 e. The van der Waals surface area contributed by atoms with E-state index in [1.165, 1.54) is 0 Å². The lowest BCUT2D eigenvalue weighted by atomic mass is 10.5. The van der Waals surface area contributed by atoms with Crippen LogP contribution in [0.3, 0.4) is 0 Å². The predicted octanol–water partition coefficient (Wildman–Crippen LogP) is 2.92. The highest BCUT2D eigenvalue weighted by Crippen LogP contribution is 1.86. The number of nitrogens with zero attached hydrogens (tertiary/aromatic N) is 4. The van der Waals surface area contributed by atoms with Gasteiger partial charge in [0.05, 0.1) is 12.7 Å². The van der Waals surface area contributed by atoms with E-state index in [2.05, 4.69) is 22.1 Å². The quantitative estimate of drug-likeness (QED) is 0.775. The summed E-state index contributed by atoms with van der Waals surface area (Å²) >= 11 is 0. The number of imidazole rings is 2. The molecule has 0 saturated heterocycles. The smallest absolute Gasteiger partial charge is 0.0948 e. The molecular formula is C14H20N4. The van der Waals surface area contributed by atoms with Crippen molar-refractivity contribution >= 4 is 0 Å². The Balaban J connectivity index is 0.000000180. The third kappa shape index (κ3) is 5.84. The summed E-state index contributed by atoms with van der Waals surface area (Å²) in [7, 11) is 0. The molecule has 0 atom stereocenters. The van der Waals surface area contributed by atoms with Crippen molar-refractivity contribution in [3.05, 3.63) is 61.7 Å². The Hall–Kier alpha value is -2.10. The Kier molecular flexibility index (Phi) is 6.97. The van der Waals surface area contributed by atoms with Gasteiger partial charge in [0.25, 0.3) is 0 Å². The molecule has 0 amide bonds. The molecule has 0 aliphatic carbocycles. The van der Waals surface area contributed by atoms with Gasteiger partial charge in [-0.1, -0.05) is 24.3 Å². The lowest BCUT2D eigenvalue weighted by Crippen LogP contribution is -1.88. The first-order valence-corrected chi connectivity index (χ1v) is 6.00. The molecule has 0 aliphatic heterocycles. The van der Waals surface area contributed by atoms with Crippen LogP contribution in [0.5, 0.6) is 0 Å². The van der Waals surface area contributed by atoms with Crippen LogP contribution >= 0.6 is 0 Å². The summed E-state index contributed by atoms with van der Waals surface area (Å²) in [6, 6.07) is 0. The van der Waals surface area contributed by atoms with E-state index >= 15 is 0 Å². The highest BCUT2D eigenvalue weighted by molar-refractivity contribution is 4.83. The van der Waals surface area contributed by atoms with E-state index in [0.29, 0.717) is 0 Å². The summed E-state index contributed by atoms with van der Waals surface area (Å²) < 4.78 is 4.03. The van der Waals surface area contributed by atoms with Crippen LogP contribution in [0.15, 0.2) is 61.7 Å². The minimum Gasteiger partial charge on any atom is -0.334 e. The molecular weight excluding hydrogens is 224 g/mol. The van der Waals surface area contributed by atoms with Crippen LogP contribution in [0.25, 0.3) is 0 Å².